The smallest absolute Gasteiger partial charge is 0.349 e. The topological polar surface area (TPSA) is 119 Å². The van der Waals surface area contributed by atoms with Gasteiger partial charge in [0.25, 0.3) is 5.91 Å². The van der Waals surface area contributed by atoms with Gasteiger partial charge in [-0.05, 0) is 31.4 Å². The number of ether oxygens (including phenoxy) is 1. The van der Waals surface area contributed by atoms with E-state index in [4.69, 9.17) is 10.5 Å². The highest BCUT2D eigenvalue weighted by Crippen LogP contribution is 2.29. The van der Waals surface area contributed by atoms with Gasteiger partial charge >= 0.3 is 5.97 Å². The molecule has 1 aromatic rings. The molecular weight excluding hydrogens is 382 g/mol. The monoisotopic (exact) mass is 409 g/mol. The van der Waals surface area contributed by atoms with E-state index >= 15 is 0 Å². The van der Waals surface area contributed by atoms with Crippen molar-refractivity contribution in [3.63, 3.8) is 0 Å². The number of amides is 3. The van der Waals surface area contributed by atoms with E-state index in [2.05, 4.69) is 5.32 Å². The third-order valence-electron chi connectivity index (χ3n) is 4.60. The maximum Gasteiger partial charge on any atom is 0.349 e. The molecule has 0 unspecified atom stereocenters. The molecule has 3 N–H and O–H groups in total. The lowest BCUT2D eigenvalue weighted by Gasteiger charge is -2.30. The second kappa shape index (κ2) is 8.72. The van der Waals surface area contributed by atoms with E-state index in [9.17, 15) is 19.2 Å². The fourth-order valence-electron chi connectivity index (χ4n) is 2.74. The summed E-state index contributed by atoms with van der Waals surface area (Å²) in [7, 11) is 0. The molecule has 28 heavy (non-hydrogen) atoms. The Labute approximate surface area is 168 Å². The number of likely N-dealkylation sites (tertiary alicyclic amines) is 1. The highest BCUT2D eigenvalue weighted by molar-refractivity contribution is 7.18. The second-order valence-electron chi connectivity index (χ2n) is 7.96. The van der Waals surface area contributed by atoms with Gasteiger partial charge in [0.1, 0.15) is 4.88 Å². The molecule has 154 valence electrons. The molecule has 1 aliphatic heterocycles. The van der Waals surface area contributed by atoms with Crippen molar-refractivity contribution < 1.29 is 23.9 Å². The van der Waals surface area contributed by atoms with Crippen molar-refractivity contribution in [1.29, 1.82) is 0 Å². The molecule has 1 aromatic heterocycles. The van der Waals surface area contributed by atoms with Crippen molar-refractivity contribution in [1.82, 2.24) is 4.90 Å². The van der Waals surface area contributed by atoms with E-state index in [1.54, 1.807) is 38.7 Å². The molecule has 0 atom stereocenters. The number of primary amides is 1. The predicted octanol–water partition coefficient (Wildman–Crippen LogP) is 1.92. The zero-order valence-corrected chi connectivity index (χ0v) is 17.5. The largest absolute Gasteiger partial charge is 0.451 e. The maximum atomic E-state index is 12.3. The van der Waals surface area contributed by atoms with Gasteiger partial charge in [0, 0.05) is 24.4 Å². The molecule has 0 aliphatic carbocycles. The molecule has 1 aliphatic rings. The van der Waals surface area contributed by atoms with E-state index in [-0.39, 0.29) is 30.2 Å². The van der Waals surface area contributed by atoms with Crippen LogP contribution in [0.1, 0.15) is 48.8 Å². The van der Waals surface area contributed by atoms with Crippen LogP contribution in [0.3, 0.4) is 0 Å². The maximum absolute atomic E-state index is 12.3. The Morgan fingerprint density at radius 3 is 2.39 bits per heavy atom. The first kappa shape index (κ1) is 21.9. The number of carbonyl (C=O) groups excluding carboxylic acids is 4. The van der Waals surface area contributed by atoms with Gasteiger partial charge in [-0.2, -0.15) is 0 Å². The SMILES string of the molecule is Cc1cc(NC(=O)C(C)(C)C)sc1C(=O)OCC(=O)N1CCC(C(N)=O)CC1. The Balaban J connectivity index is 1.89. The van der Waals surface area contributed by atoms with Gasteiger partial charge in [-0.3, -0.25) is 14.4 Å². The number of thiophene rings is 1. The number of piperidine rings is 1. The molecule has 1 fully saturated rings. The van der Waals surface area contributed by atoms with E-state index in [0.717, 1.165) is 11.3 Å². The number of hydrogen-bond acceptors (Lipinski definition) is 6. The third kappa shape index (κ3) is 5.54. The van der Waals surface area contributed by atoms with Gasteiger partial charge in [0.15, 0.2) is 6.61 Å². The summed E-state index contributed by atoms with van der Waals surface area (Å²) in [6, 6.07) is 1.71. The molecule has 8 nitrogen and oxygen atoms in total. The minimum atomic E-state index is -0.598. The minimum Gasteiger partial charge on any atom is -0.451 e. The van der Waals surface area contributed by atoms with Gasteiger partial charge in [0.05, 0.1) is 5.00 Å². The highest BCUT2D eigenvalue weighted by Gasteiger charge is 2.27. The van der Waals surface area contributed by atoms with Gasteiger partial charge in [-0.25, -0.2) is 4.79 Å². The van der Waals surface area contributed by atoms with Gasteiger partial charge in [-0.1, -0.05) is 20.8 Å². The van der Waals surface area contributed by atoms with Crippen LogP contribution in [0.25, 0.3) is 0 Å². The Morgan fingerprint density at radius 1 is 1.25 bits per heavy atom. The number of hydrogen-bond donors (Lipinski definition) is 2. The molecule has 9 heteroatoms. The van der Waals surface area contributed by atoms with Crippen molar-refractivity contribution in [3.05, 3.63) is 16.5 Å². The summed E-state index contributed by atoms with van der Waals surface area (Å²) in [5.74, 6) is -1.60. The third-order valence-corrected chi connectivity index (χ3v) is 5.73. The first-order chi connectivity index (χ1) is 13.0. The Hall–Kier alpha value is -2.42. The predicted molar refractivity (Wildman–Crippen MR) is 106 cm³/mol. The molecule has 1 saturated heterocycles. The molecular formula is C19H27N3O5S. The fourth-order valence-corrected chi connectivity index (χ4v) is 3.70. The Bertz CT molecular complexity index is 773. The zero-order chi connectivity index (χ0) is 21.1. The van der Waals surface area contributed by atoms with Gasteiger partial charge < -0.3 is 20.7 Å². The molecule has 2 heterocycles. The van der Waals surface area contributed by atoms with Crippen molar-refractivity contribution in [2.75, 3.05) is 25.0 Å². The van der Waals surface area contributed by atoms with E-state index in [1.807, 2.05) is 0 Å². The molecule has 0 bridgehead atoms. The lowest BCUT2D eigenvalue weighted by molar-refractivity contribution is -0.137. The summed E-state index contributed by atoms with van der Waals surface area (Å²) in [6.45, 7) is 7.63. The standard InChI is InChI=1S/C19H27N3O5S/c1-11-9-13(21-18(26)19(2,3)4)28-15(11)17(25)27-10-14(23)22-7-5-12(6-8-22)16(20)24/h9,12H,5-8,10H2,1-4H3,(H2,20,24)(H,21,26). The van der Waals surface area contributed by atoms with E-state index < -0.39 is 11.4 Å². The number of nitrogens with one attached hydrogen (secondary N) is 1. The van der Waals surface area contributed by atoms with Crippen molar-refractivity contribution >= 4 is 40.0 Å². The second-order valence-corrected chi connectivity index (χ2v) is 9.01. The molecule has 0 radical (unpaired) electrons. The number of nitrogens with two attached hydrogens (primary N) is 1. The minimum absolute atomic E-state index is 0.150. The van der Waals surface area contributed by atoms with Crippen LogP contribution in [0.4, 0.5) is 5.00 Å². The normalized spacial score (nSPS) is 15.2. The average Bonchev–Trinajstić information content (AvgIpc) is 2.98. The Kier molecular flexibility index (Phi) is 6.82. The van der Waals surface area contributed by atoms with E-state index in [0.29, 0.717) is 41.4 Å². The van der Waals surface area contributed by atoms with Crippen LogP contribution in [-0.2, 0) is 19.1 Å². The number of rotatable bonds is 5. The number of esters is 1. The summed E-state index contributed by atoms with van der Waals surface area (Å²) in [6.07, 6.45) is 1.05. The summed E-state index contributed by atoms with van der Waals surface area (Å²) in [5.41, 5.74) is 5.41. The van der Waals surface area contributed by atoms with Crippen molar-refractivity contribution in [2.45, 2.75) is 40.5 Å². The van der Waals surface area contributed by atoms with Crippen LogP contribution < -0.4 is 11.1 Å². The summed E-state index contributed by atoms with van der Waals surface area (Å²) < 4.78 is 5.16. The first-order valence-electron chi connectivity index (χ1n) is 9.15. The molecule has 2 rings (SSSR count). The zero-order valence-electron chi connectivity index (χ0n) is 16.7. The van der Waals surface area contributed by atoms with Gasteiger partial charge in [0.2, 0.25) is 11.8 Å². The van der Waals surface area contributed by atoms with Crippen LogP contribution in [0, 0.1) is 18.3 Å². The lowest BCUT2D eigenvalue weighted by atomic mass is 9.96. The average molecular weight is 410 g/mol. The van der Waals surface area contributed by atoms with Crippen molar-refractivity contribution in [2.24, 2.45) is 17.1 Å². The molecule has 0 aromatic carbocycles. The van der Waals surface area contributed by atoms with Gasteiger partial charge in [-0.15, -0.1) is 11.3 Å². The summed E-state index contributed by atoms with van der Waals surface area (Å²) >= 11 is 1.12. The number of anilines is 1. The van der Waals surface area contributed by atoms with Crippen LogP contribution >= 0.6 is 11.3 Å². The molecule has 0 saturated carbocycles. The van der Waals surface area contributed by atoms with Crippen LogP contribution in [0.5, 0.6) is 0 Å². The van der Waals surface area contributed by atoms with E-state index in [1.165, 1.54) is 0 Å². The quantitative estimate of drug-likeness (QED) is 0.720. The van der Waals surface area contributed by atoms with Crippen molar-refractivity contribution in [3.8, 4) is 0 Å². The molecule has 0 spiro atoms. The number of nitrogens with zero attached hydrogens (tertiary/aromatic N) is 1. The lowest BCUT2D eigenvalue weighted by Crippen LogP contribution is -2.43. The van der Waals surface area contributed by atoms with Crippen LogP contribution in [0.15, 0.2) is 6.07 Å². The summed E-state index contributed by atoms with van der Waals surface area (Å²) in [5, 5.41) is 3.35. The first-order valence-corrected chi connectivity index (χ1v) is 9.96. The highest BCUT2D eigenvalue weighted by atomic mass is 32.1. The van der Waals surface area contributed by atoms with Crippen LogP contribution in [0.2, 0.25) is 0 Å². The summed E-state index contributed by atoms with van der Waals surface area (Å²) in [4.78, 5) is 49.8. The Morgan fingerprint density at radius 2 is 1.86 bits per heavy atom. The molecule has 3 amide bonds. The number of aryl methyl sites for hydroxylation is 1. The number of carbonyl (C=O) groups is 4. The fraction of sp³-hybridized carbons (Fsp3) is 0.579. The van der Waals surface area contributed by atoms with Crippen LogP contribution in [-0.4, -0.2) is 48.3 Å².